The fraction of sp³-hybridized carbons (Fsp3) is 0.0714. The van der Waals surface area contributed by atoms with Crippen LogP contribution in [0.2, 0.25) is 0 Å². The average Bonchev–Trinajstić information content (AvgIpc) is 3.02. The van der Waals surface area contributed by atoms with E-state index in [2.05, 4.69) is 25.1 Å². The maximum Gasteiger partial charge on any atom is 0.413 e. The number of hydrogen-bond acceptors (Lipinski definition) is 6. The topological polar surface area (TPSA) is 119 Å². The molecule has 9 heteroatoms. The van der Waals surface area contributed by atoms with Gasteiger partial charge in [0.15, 0.2) is 0 Å². The van der Waals surface area contributed by atoms with E-state index in [1.54, 1.807) is 24.4 Å². The Morgan fingerprint density at radius 1 is 1.35 bits per heavy atom. The lowest BCUT2D eigenvalue weighted by Gasteiger charge is -2.09. The van der Waals surface area contributed by atoms with Crippen LogP contribution in [-0.4, -0.2) is 43.9 Å². The predicted octanol–water partition coefficient (Wildman–Crippen LogP) is 1.67. The number of aromatic carboxylic acids is 1. The number of carboxylic acid groups (broad SMARTS) is 1. The van der Waals surface area contributed by atoms with Crippen molar-refractivity contribution in [1.82, 2.24) is 19.6 Å². The molecule has 3 aromatic heterocycles. The van der Waals surface area contributed by atoms with Gasteiger partial charge in [-0.05, 0) is 18.2 Å². The van der Waals surface area contributed by atoms with Gasteiger partial charge >= 0.3 is 12.1 Å². The zero-order chi connectivity index (χ0) is 16.4. The molecule has 2 N–H and O–H groups in total. The Bertz CT molecular complexity index is 905. The first-order chi connectivity index (χ1) is 11.1. The number of pyridine rings is 1. The second kappa shape index (κ2) is 5.72. The second-order valence-corrected chi connectivity index (χ2v) is 4.47. The number of nitrogens with zero attached hydrogens (tertiary/aromatic N) is 4. The molecular weight excluding hydrogens is 302 g/mol. The monoisotopic (exact) mass is 313 g/mol. The number of methoxy groups -OCH3 is 1. The van der Waals surface area contributed by atoms with Crippen LogP contribution in [-0.2, 0) is 4.74 Å². The summed E-state index contributed by atoms with van der Waals surface area (Å²) in [5.41, 5.74) is 1.31. The highest BCUT2D eigenvalue weighted by Crippen LogP contribution is 2.26. The van der Waals surface area contributed by atoms with Crippen LogP contribution in [0.5, 0.6) is 0 Å². The van der Waals surface area contributed by atoms with Crippen molar-refractivity contribution in [2.24, 2.45) is 0 Å². The maximum absolute atomic E-state index is 11.4. The number of carbonyl (C=O) groups is 2. The third-order valence-corrected chi connectivity index (χ3v) is 3.10. The largest absolute Gasteiger partial charge is 0.478 e. The molecule has 0 aliphatic carbocycles. The molecule has 0 saturated carbocycles. The molecule has 0 radical (unpaired) electrons. The number of carbonyl (C=O) groups excluding carboxylic acids is 1. The smallest absolute Gasteiger partial charge is 0.413 e. The molecule has 0 aliphatic heterocycles. The number of aromatic nitrogens is 4. The normalized spacial score (nSPS) is 10.5. The predicted molar refractivity (Wildman–Crippen MR) is 79.2 cm³/mol. The number of amides is 1. The Kier molecular flexibility index (Phi) is 3.59. The molecule has 3 aromatic rings. The van der Waals surface area contributed by atoms with Crippen LogP contribution < -0.4 is 5.32 Å². The highest BCUT2D eigenvalue weighted by atomic mass is 16.5. The molecule has 0 aromatic carbocycles. The molecule has 116 valence electrons. The van der Waals surface area contributed by atoms with Gasteiger partial charge in [0.2, 0.25) is 0 Å². The molecule has 1 amide bonds. The van der Waals surface area contributed by atoms with Gasteiger partial charge in [0, 0.05) is 24.2 Å². The van der Waals surface area contributed by atoms with Gasteiger partial charge in [-0.1, -0.05) is 0 Å². The van der Waals surface area contributed by atoms with Gasteiger partial charge in [-0.2, -0.15) is 0 Å². The van der Waals surface area contributed by atoms with Crippen LogP contribution in [0, 0.1) is 0 Å². The second-order valence-electron chi connectivity index (χ2n) is 4.47. The first-order valence-electron chi connectivity index (χ1n) is 6.48. The lowest BCUT2D eigenvalue weighted by atomic mass is 10.1. The molecule has 0 unspecified atom stereocenters. The van der Waals surface area contributed by atoms with Gasteiger partial charge in [-0.25, -0.2) is 19.1 Å². The van der Waals surface area contributed by atoms with E-state index < -0.39 is 12.1 Å². The first kappa shape index (κ1) is 14.4. The van der Waals surface area contributed by atoms with E-state index in [0.717, 1.165) is 0 Å². The van der Waals surface area contributed by atoms with Crippen LogP contribution in [0.25, 0.3) is 16.8 Å². The van der Waals surface area contributed by atoms with Gasteiger partial charge in [0.25, 0.3) is 5.95 Å². The summed E-state index contributed by atoms with van der Waals surface area (Å²) in [4.78, 5) is 30.8. The fourth-order valence-corrected chi connectivity index (χ4v) is 2.10. The summed E-state index contributed by atoms with van der Waals surface area (Å²) in [7, 11) is 1.22. The molecule has 0 saturated heterocycles. The molecule has 3 rings (SSSR count). The van der Waals surface area contributed by atoms with E-state index in [-0.39, 0.29) is 11.5 Å². The third-order valence-electron chi connectivity index (χ3n) is 3.10. The molecule has 0 spiro atoms. The SMILES string of the molecule is COC(=O)Nc1nc(-c2ccncc2C(=O)O)c2cccn2n1. The van der Waals surface area contributed by atoms with Crippen LogP contribution in [0.3, 0.4) is 0 Å². The molecule has 9 nitrogen and oxygen atoms in total. The molecule has 0 bridgehead atoms. The molecule has 3 heterocycles. The van der Waals surface area contributed by atoms with E-state index in [9.17, 15) is 14.7 Å². The summed E-state index contributed by atoms with van der Waals surface area (Å²) in [6, 6.07) is 5.01. The minimum absolute atomic E-state index is 0.00156. The summed E-state index contributed by atoms with van der Waals surface area (Å²) in [6.45, 7) is 0. The van der Waals surface area contributed by atoms with Crippen LogP contribution in [0.15, 0.2) is 36.8 Å². The quantitative estimate of drug-likeness (QED) is 0.754. The van der Waals surface area contributed by atoms with E-state index in [1.165, 1.54) is 24.0 Å². The Hall–Kier alpha value is -3.49. The highest BCUT2D eigenvalue weighted by molar-refractivity contribution is 5.97. The first-order valence-corrected chi connectivity index (χ1v) is 6.48. The van der Waals surface area contributed by atoms with E-state index in [1.807, 2.05) is 0 Å². The van der Waals surface area contributed by atoms with Crippen molar-refractivity contribution in [3.63, 3.8) is 0 Å². The Morgan fingerprint density at radius 2 is 2.17 bits per heavy atom. The standard InChI is InChI=1S/C14H11N5O4/c1-23-14(22)17-13-16-11(10-3-2-6-19(10)18-13)8-4-5-15-7-9(8)12(20)21/h2-7H,1H3,(H,20,21)(H,17,18,22). The van der Waals surface area contributed by atoms with Gasteiger partial charge < -0.3 is 9.84 Å². The van der Waals surface area contributed by atoms with Crippen molar-refractivity contribution in [1.29, 1.82) is 0 Å². The third kappa shape index (κ3) is 2.67. The number of nitrogens with one attached hydrogen (secondary N) is 1. The molecule has 0 atom stereocenters. The Balaban J connectivity index is 2.22. The van der Waals surface area contributed by atoms with E-state index in [4.69, 9.17) is 0 Å². The summed E-state index contributed by atoms with van der Waals surface area (Å²) in [6.07, 6.45) is 3.64. The van der Waals surface area contributed by atoms with Gasteiger partial charge in [-0.3, -0.25) is 10.3 Å². The number of ether oxygens (including phenoxy) is 1. The lowest BCUT2D eigenvalue weighted by molar-refractivity contribution is 0.0697. The molecule has 23 heavy (non-hydrogen) atoms. The number of fused-ring (bicyclic) bond motifs is 1. The van der Waals surface area contributed by atoms with Gasteiger partial charge in [-0.15, -0.1) is 5.10 Å². The molecular formula is C14H11N5O4. The van der Waals surface area contributed by atoms with Crippen LogP contribution >= 0.6 is 0 Å². The maximum atomic E-state index is 11.4. The number of anilines is 1. The van der Waals surface area contributed by atoms with Crippen molar-refractivity contribution in [3.05, 3.63) is 42.4 Å². The summed E-state index contributed by atoms with van der Waals surface area (Å²) in [5, 5.41) is 15.8. The summed E-state index contributed by atoms with van der Waals surface area (Å²) >= 11 is 0. The van der Waals surface area contributed by atoms with Gasteiger partial charge in [0.1, 0.15) is 5.69 Å². The lowest BCUT2D eigenvalue weighted by Crippen LogP contribution is -2.15. The fourth-order valence-electron chi connectivity index (χ4n) is 2.10. The molecule has 0 fully saturated rings. The van der Waals surface area contributed by atoms with Crippen molar-refractivity contribution in [3.8, 4) is 11.3 Å². The van der Waals surface area contributed by atoms with E-state index >= 15 is 0 Å². The average molecular weight is 313 g/mol. The van der Waals surface area contributed by atoms with Crippen LogP contribution in [0.4, 0.5) is 10.7 Å². The number of carboxylic acids is 1. The van der Waals surface area contributed by atoms with Crippen molar-refractivity contribution in [2.45, 2.75) is 0 Å². The van der Waals surface area contributed by atoms with Gasteiger partial charge in [0.05, 0.1) is 18.2 Å². The minimum Gasteiger partial charge on any atom is -0.478 e. The Labute approximate surface area is 129 Å². The zero-order valence-electron chi connectivity index (χ0n) is 11.9. The number of hydrogen-bond donors (Lipinski definition) is 2. The summed E-state index contributed by atoms with van der Waals surface area (Å²) < 4.78 is 6.00. The molecule has 0 aliphatic rings. The highest BCUT2D eigenvalue weighted by Gasteiger charge is 2.18. The Morgan fingerprint density at radius 3 is 2.91 bits per heavy atom. The van der Waals surface area contributed by atoms with Crippen molar-refractivity contribution < 1.29 is 19.4 Å². The summed E-state index contributed by atoms with van der Waals surface area (Å²) in [5.74, 6) is -1.14. The number of rotatable bonds is 3. The van der Waals surface area contributed by atoms with E-state index in [0.29, 0.717) is 16.8 Å². The van der Waals surface area contributed by atoms with Crippen LogP contribution in [0.1, 0.15) is 10.4 Å². The van der Waals surface area contributed by atoms with Crippen molar-refractivity contribution >= 4 is 23.5 Å². The zero-order valence-corrected chi connectivity index (χ0v) is 11.9. The van der Waals surface area contributed by atoms with Crippen molar-refractivity contribution in [2.75, 3.05) is 12.4 Å². The minimum atomic E-state index is -1.13.